The van der Waals surface area contributed by atoms with Crippen LogP contribution in [0.5, 0.6) is 11.5 Å². The third-order valence-corrected chi connectivity index (χ3v) is 3.35. The lowest BCUT2D eigenvalue weighted by molar-refractivity contribution is 0.0469. The van der Waals surface area contributed by atoms with Gasteiger partial charge in [0, 0.05) is 6.07 Å². The molecule has 0 aliphatic heterocycles. The first kappa shape index (κ1) is 17.3. The largest absolute Gasteiger partial charge is 0.497 e. The van der Waals surface area contributed by atoms with Crippen LogP contribution < -0.4 is 9.47 Å². The molecule has 0 saturated heterocycles. The minimum absolute atomic E-state index is 0.0266. The monoisotopic (exact) mass is 330 g/mol. The van der Waals surface area contributed by atoms with Crippen LogP contribution in [0.15, 0.2) is 42.5 Å². The summed E-state index contributed by atoms with van der Waals surface area (Å²) in [6.45, 7) is 0.0266. The molecule has 0 unspecified atom stereocenters. The van der Waals surface area contributed by atoms with E-state index in [9.17, 15) is 9.59 Å². The normalized spacial score (nSPS) is 9.96. The van der Waals surface area contributed by atoms with E-state index in [1.54, 1.807) is 42.5 Å². The number of benzene rings is 2. The SMILES string of the molecule is COC(=O)c1cccc(COC(=O)c2ccc(OC)cc2OC)c1. The second-order valence-corrected chi connectivity index (χ2v) is 4.83. The maximum atomic E-state index is 12.2. The van der Waals surface area contributed by atoms with E-state index in [4.69, 9.17) is 14.2 Å². The van der Waals surface area contributed by atoms with Gasteiger partial charge in [-0.05, 0) is 29.8 Å². The summed E-state index contributed by atoms with van der Waals surface area (Å²) in [6.07, 6.45) is 0. The van der Waals surface area contributed by atoms with Gasteiger partial charge in [0.2, 0.25) is 0 Å². The highest BCUT2D eigenvalue weighted by Crippen LogP contribution is 2.25. The van der Waals surface area contributed by atoms with Crippen molar-refractivity contribution in [3.63, 3.8) is 0 Å². The topological polar surface area (TPSA) is 71.1 Å². The molecule has 0 aliphatic carbocycles. The summed E-state index contributed by atoms with van der Waals surface area (Å²) in [5.41, 5.74) is 1.37. The molecular weight excluding hydrogens is 312 g/mol. The molecule has 0 fully saturated rings. The number of ether oxygens (including phenoxy) is 4. The predicted octanol–water partition coefficient (Wildman–Crippen LogP) is 2.85. The quantitative estimate of drug-likeness (QED) is 0.759. The Morgan fingerprint density at radius 3 is 2.38 bits per heavy atom. The number of hydrogen-bond donors (Lipinski definition) is 0. The van der Waals surface area contributed by atoms with Crippen LogP contribution in [-0.4, -0.2) is 33.3 Å². The molecule has 6 nitrogen and oxygen atoms in total. The van der Waals surface area contributed by atoms with E-state index in [-0.39, 0.29) is 6.61 Å². The molecule has 0 radical (unpaired) electrons. The average molecular weight is 330 g/mol. The molecule has 2 aromatic rings. The van der Waals surface area contributed by atoms with Crippen LogP contribution in [-0.2, 0) is 16.1 Å². The Morgan fingerprint density at radius 2 is 1.71 bits per heavy atom. The average Bonchev–Trinajstić information content (AvgIpc) is 2.64. The first-order valence-electron chi connectivity index (χ1n) is 7.15. The van der Waals surface area contributed by atoms with E-state index in [1.807, 2.05) is 0 Å². The molecule has 6 heteroatoms. The van der Waals surface area contributed by atoms with E-state index in [1.165, 1.54) is 21.3 Å². The Labute approximate surface area is 139 Å². The van der Waals surface area contributed by atoms with Gasteiger partial charge in [-0.15, -0.1) is 0 Å². The maximum Gasteiger partial charge on any atom is 0.342 e. The van der Waals surface area contributed by atoms with Gasteiger partial charge in [0.25, 0.3) is 0 Å². The van der Waals surface area contributed by atoms with Crippen molar-refractivity contribution in [2.75, 3.05) is 21.3 Å². The zero-order chi connectivity index (χ0) is 17.5. The minimum atomic E-state index is -0.530. The molecular formula is C18H18O6. The van der Waals surface area contributed by atoms with Crippen LogP contribution in [0.1, 0.15) is 26.3 Å². The van der Waals surface area contributed by atoms with Crippen LogP contribution in [0.2, 0.25) is 0 Å². The van der Waals surface area contributed by atoms with Gasteiger partial charge in [-0.3, -0.25) is 0 Å². The van der Waals surface area contributed by atoms with Crippen LogP contribution in [0, 0.1) is 0 Å². The fourth-order valence-electron chi connectivity index (χ4n) is 2.10. The Hall–Kier alpha value is -3.02. The fourth-order valence-corrected chi connectivity index (χ4v) is 2.10. The number of hydrogen-bond acceptors (Lipinski definition) is 6. The summed E-state index contributed by atoms with van der Waals surface area (Å²) in [5.74, 6) is -0.0326. The van der Waals surface area contributed by atoms with Crippen molar-refractivity contribution in [1.29, 1.82) is 0 Å². The summed E-state index contributed by atoms with van der Waals surface area (Å²) in [5, 5.41) is 0. The summed E-state index contributed by atoms with van der Waals surface area (Å²) in [6, 6.07) is 11.5. The second-order valence-electron chi connectivity index (χ2n) is 4.83. The van der Waals surface area contributed by atoms with Crippen molar-refractivity contribution in [2.24, 2.45) is 0 Å². The first-order valence-corrected chi connectivity index (χ1v) is 7.15. The van der Waals surface area contributed by atoms with Crippen LogP contribution in [0.4, 0.5) is 0 Å². The summed E-state index contributed by atoms with van der Waals surface area (Å²) < 4.78 is 20.2. The van der Waals surface area contributed by atoms with Gasteiger partial charge in [-0.1, -0.05) is 12.1 Å². The van der Waals surface area contributed by atoms with Crippen molar-refractivity contribution >= 4 is 11.9 Å². The van der Waals surface area contributed by atoms with Crippen molar-refractivity contribution < 1.29 is 28.5 Å². The van der Waals surface area contributed by atoms with Crippen LogP contribution in [0.3, 0.4) is 0 Å². The standard InChI is InChI=1S/C18H18O6/c1-21-14-7-8-15(16(10-14)22-2)18(20)24-11-12-5-4-6-13(9-12)17(19)23-3/h4-10H,11H2,1-3H3. The molecule has 0 saturated carbocycles. The smallest absolute Gasteiger partial charge is 0.342 e. The van der Waals surface area contributed by atoms with E-state index in [2.05, 4.69) is 4.74 Å². The highest BCUT2D eigenvalue weighted by Gasteiger charge is 2.15. The molecule has 0 spiro atoms. The summed E-state index contributed by atoms with van der Waals surface area (Å²) >= 11 is 0. The second kappa shape index (κ2) is 8.01. The molecule has 0 atom stereocenters. The Kier molecular flexibility index (Phi) is 5.78. The zero-order valence-electron chi connectivity index (χ0n) is 13.7. The Bertz CT molecular complexity index is 738. The lowest BCUT2D eigenvalue weighted by Gasteiger charge is -2.10. The highest BCUT2D eigenvalue weighted by atomic mass is 16.5. The van der Waals surface area contributed by atoms with Crippen LogP contribution >= 0.6 is 0 Å². The van der Waals surface area contributed by atoms with Gasteiger partial charge < -0.3 is 18.9 Å². The third-order valence-electron chi connectivity index (χ3n) is 3.35. The van der Waals surface area contributed by atoms with E-state index < -0.39 is 11.9 Å². The molecule has 2 aromatic carbocycles. The molecule has 0 N–H and O–H groups in total. The zero-order valence-corrected chi connectivity index (χ0v) is 13.7. The lowest BCUT2D eigenvalue weighted by atomic mass is 10.1. The first-order chi connectivity index (χ1) is 11.6. The Balaban J connectivity index is 2.10. The molecule has 126 valence electrons. The van der Waals surface area contributed by atoms with E-state index in [0.29, 0.717) is 28.2 Å². The van der Waals surface area contributed by atoms with E-state index >= 15 is 0 Å². The summed E-state index contributed by atoms with van der Waals surface area (Å²) in [7, 11) is 4.30. The molecule has 24 heavy (non-hydrogen) atoms. The maximum absolute atomic E-state index is 12.2. The summed E-state index contributed by atoms with van der Waals surface area (Å²) in [4.78, 5) is 23.7. The molecule has 0 aromatic heterocycles. The lowest BCUT2D eigenvalue weighted by Crippen LogP contribution is -2.08. The van der Waals surface area contributed by atoms with Gasteiger partial charge in [0.15, 0.2) is 0 Å². The van der Waals surface area contributed by atoms with Crippen molar-refractivity contribution in [3.8, 4) is 11.5 Å². The predicted molar refractivity (Wildman–Crippen MR) is 86.4 cm³/mol. The third kappa shape index (κ3) is 4.04. The number of methoxy groups -OCH3 is 3. The molecule has 0 amide bonds. The van der Waals surface area contributed by atoms with Gasteiger partial charge in [0.1, 0.15) is 23.7 Å². The molecule has 0 aliphatic rings. The van der Waals surface area contributed by atoms with Crippen LogP contribution in [0.25, 0.3) is 0 Å². The van der Waals surface area contributed by atoms with Crippen molar-refractivity contribution in [2.45, 2.75) is 6.61 Å². The fraction of sp³-hybridized carbons (Fsp3) is 0.222. The molecule has 2 rings (SSSR count). The molecule has 0 bridgehead atoms. The number of carbonyl (C=O) groups excluding carboxylic acids is 2. The van der Waals surface area contributed by atoms with Gasteiger partial charge >= 0.3 is 11.9 Å². The highest BCUT2D eigenvalue weighted by molar-refractivity contribution is 5.93. The van der Waals surface area contributed by atoms with Gasteiger partial charge in [-0.25, -0.2) is 9.59 Å². The Morgan fingerprint density at radius 1 is 0.917 bits per heavy atom. The van der Waals surface area contributed by atoms with Crippen molar-refractivity contribution in [1.82, 2.24) is 0 Å². The van der Waals surface area contributed by atoms with Crippen molar-refractivity contribution in [3.05, 3.63) is 59.2 Å². The molecule has 0 heterocycles. The number of esters is 2. The minimum Gasteiger partial charge on any atom is -0.497 e. The van der Waals surface area contributed by atoms with Gasteiger partial charge in [-0.2, -0.15) is 0 Å². The van der Waals surface area contributed by atoms with E-state index in [0.717, 1.165) is 0 Å². The number of rotatable bonds is 6. The number of carbonyl (C=O) groups is 2. The van der Waals surface area contributed by atoms with Gasteiger partial charge in [0.05, 0.1) is 26.9 Å².